The SMILES string of the molecule is O=C1CCCc2oc3ccc(NS(=O)(=O)c4cc(Br)ccc4Br)cc3c21. The van der Waals surface area contributed by atoms with Gasteiger partial charge in [-0.3, -0.25) is 9.52 Å². The average molecular weight is 499 g/mol. The number of ketones is 1. The van der Waals surface area contributed by atoms with Gasteiger partial charge >= 0.3 is 0 Å². The van der Waals surface area contributed by atoms with Crippen LogP contribution in [0.3, 0.4) is 0 Å². The summed E-state index contributed by atoms with van der Waals surface area (Å²) in [6.45, 7) is 0. The molecule has 0 aliphatic heterocycles. The van der Waals surface area contributed by atoms with Crippen LogP contribution in [0.4, 0.5) is 5.69 Å². The van der Waals surface area contributed by atoms with Crippen LogP contribution in [0.15, 0.2) is 54.7 Å². The van der Waals surface area contributed by atoms with Crippen LogP contribution in [-0.2, 0) is 16.4 Å². The average Bonchev–Trinajstić information content (AvgIpc) is 2.95. The maximum atomic E-state index is 12.7. The zero-order chi connectivity index (χ0) is 18.5. The third kappa shape index (κ3) is 3.10. The number of halogens is 2. The molecule has 0 fully saturated rings. The van der Waals surface area contributed by atoms with Crippen molar-refractivity contribution < 1.29 is 17.6 Å². The Bertz CT molecular complexity index is 1150. The number of benzene rings is 2. The molecule has 0 amide bonds. The molecule has 1 heterocycles. The fraction of sp³-hybridized carbons (Fsp3) is 0.167. The maximum absolute atomic E-state index is 12.7. The van der Waals surface area contributed by atoms with Crippen molar-refractivity contribution in [1.29, 1.82) is 0 Å². The first kappa shape index (κ1) is 17.8. The second-order valence-electron chi connectivity index (χ2n) is 6.07. The molecule has 1 aromatic heterocycles. The Morgan fingerprint density at radius 3 is 2.65 bits per heavy atom. The van der Waals surface area contributed by atoms with Gasteiger partial charge in [-0.2, -0.15) is 0 Å². The second kappa shape index (κ2) is 6.51. The lowest BCUT2D eigenvalue weighted by Gasteiger charge is -2.11. The number of aryl methyl sites for hydroxylation is 1. The van der Waals surface area contributed by atoms with E-state index in [0.717, 1.165) is 12.8 Å². The number of anilines is 1. The first-order valence-electron chi connectivity index (χ1n) is 7.92. The summed E-state index contributed by atoms with van der Waals surface area (Å²) < 4.78 is 34.9. The van der Waals surface area contributed by atoms with E-state index in [2.05, 4.69) is 36.6 Å². The van der Waals surface area contributed by atoms with E-state index in [1.165, 1.54) is 6.07 Å². The fourth-order valence-electron chi connectivity index (χ4n) is 3.12. The van der Waals surface area contributed by atoms with Crippen LogP contribution >= 0.6 is 31.9 Å². The zero-order valence-corrected chi connectivity index (χ0v) is 17.4. The molecule has 0 radical (unpaired) electrons. The van der Waals surface area contributed by atoms with Crippen LogP contribution in [0.1, 0.15) is 29.0 Å². The van der Waals surface area contributed by atoms with E-state index in [0.29, 0.717) is 43.3 Å². The number of carbonyl (C=O) groups is 1. The number of furan rings is 1. The number of hydrogen-bond donors (Lipinski definition) is 1. The normalized spacial score (nSPS) is 14.5. The molecular weight excluding hydrogens is 486 g/mol. The van der Waals surface area contributed by atoms with Gasteiger partial charge in [0, 0.05) is 32.9 Å². The predicted octanol–water partition coefficient (Wildman–Crippen LogP) is 5.28. The Hall–Kier alpha value is -1.64. The molecule has 3 aromatic rings. The highest BCUT2D eigenvalue weighted by molar-refractivity contribution is 9.11. The molecular formula is C18H13Br2NO4S. The van der Waals surface area contributed by atoms with E-state index in [9.17, 15) is 13.2 Å². The molecule has 4 rings (SSSR count). The molecule has 0 saturated carbocycles. The van der Waals surface area contributed by atoms with Crippen LogP contribution < -0.4 is 4.72 Å². The Kier molecular flexibility index (Phi) is 4.45. The Balaban J connectivity index is 1.77. The summed E-state index contributed by atoms with van der Waals surface area (Å²) in [4.78, 5) is 12.4. The third-order valence-corrected chi connectivity index (χ3v) is 7.15. The van der Waals surface area contributed by atoms with Gasteiger partial charge in [-0.1, -0.05) is 15.9 Å². The first-order valence-corrected chi connectivity index (χ1v) is 11.0. The number of sulfonamides is 1. The molecule has 1 N–H and O–H groups in total. The highest BCUT2D eigenvalue weighted by Gasteiger charge is 2.25. The van der Waals surface area contributed by atoms with E-state index >= 15 is 0 Å². The summed E-state index contributed by atoms with van der Waals surface area (Å²) in [5.41, 5.74) is 1.55. The number of carbonyl (C=O) groups excluding carboxylic acids is 1. The monoisotopic (exact) mass is 497 g/mol. The number of Topliss-reactive ketones (excluding diaryl/α,β-unsaturated/α-hetero) is 1. The minimum Gasteiger partial charge on any atom is -0.460 e. The minimum absolute atomic E-state index is 0.0414. The Morgan fingerprint density at radius 2 is 1.85 bits per heavy atom. The smallest absolute Gasteiger partial charge is 0.263 e. The van der Waals surface area contributed by atoms with Crippen molar-refractivity contribution >= 4 is 64.3 Å². The summed E-state index contributed by atoms with van der Waals surface area (Å²) in [5, 5.41) is 0.651. The molecule has 134 valence electrons. The lowest BCUT2D eigenvalue weighted by molar-refractivity contribution is 0.0971. The molecule has 1 aliphatic carbocycles. The van der Waals surface area contributed by atoms with Gasteiger partial charge in [0.1, 0.15) is 16.2 Å². The van der Waals surface area contributed by atoms with Gasteiger partial charge in [-0.05, 0) is 58.7 Å². The molecule has 5 nitrogen and oxygen atoms in total. The number of fused-ring (bicyclic) bond motifs is 3. The van der Waals surface area contributed by atoms with E-state index in [1.54, 1.807) is 30.3 Å². The quantitative estimate of drug-likeness (QED) is 0.533. The van der Waals surface area contributed by atoms with Gasteiger partial charge in [0.15, 0.2) is 5.78 Å². The maximum Gasteiger partial charge on any atom is 0.263 e. The molecule has 2 aromatic carbocycles. The van der Waals surface area contributed by atoms with Gasteiger partial charge < -0.3 is 4.42 Å². The molecule has 8 heteroatoms. The van der Waals surface area contributed by atoms with Crippen LogP contribution in [-0.4, -0.2) is 14.2 Å². The zero-order valence-electron chi connectivity index (χ0n) is 13.4. The van der Waals surface area contributed by atoms with Crippen LogP contribution in [0.2, 0.25) is 0 Å². The third-order valence-electron chi connectivity index (χ3n) is 4.28. The van der Waals surface area contributed by atoms with Gasteiger partial charge in [0.2, 0.25) is 0 Å². The van der Waals surface area contributed by atoms with Crippen molar-refractivity contribution in [3.05, 3.63) is 56.7 Å². The van der Waals surface area contributed by atoms with Gasteiger partial charge in [-0.15, -0.1) is 0 Å². The largest absolute Gasteiger partial charge is 0.460 e. The standard InChI is InChI=1S/C18H13Br2NO4S/c19-10-4-6-13(20)17(8-10)26(23,24)21-11-5-7-15-12(9-11)18-14(22)2-1-3-16(18)25-15/h4-9,21H,1-3H2. The van der Waals surface area contributed by atoms with Gasteiger partial charge in [0.25, 0.3) is 10.0 Å². The molecule has 26 heavy (non-hydrogen) atoms. The van der Waals surface area contributed by atoms with Crippen LogP contribution in [0.25, 0.3) is 11.0 Å². The van der Waals surface area contributed by atoms with Crippen LogP contribution in [0, 0.1) is 0 Å². The molecule has 0 unspecified atom stereocenters. The van der Waals surface area contributed by atoms with Gasteiger partial charge in [0.05, 0.1) is 5.56 Å². The predicted molar refractivity (Wildman–Crippen MR) is 106 cm³/mol. The lowest BCUT2D eigenvalue weighted by atomic mass is 9.94. The van der Waals surface area contributed by atoms with Crippen molar-refractivity contribution in [3.63, 3.8) is 0 Å². The summed E-state index contributed by atoms with van der Waals surface area (Å²) in [7, 11) is -3.80. The summed E-state index contributed by atoms with van der Waals surface area (Å²) in [5.74, 6) is 0.728. The lowest BCUT2D eigenvalue weighted by Crippen LogP contribution is -2.13. The van der Waals surface area contributed by atoms with E-state index in [-0.39, 0.29) is 10.7 Å². The van der Waals surface area contributed by atoms with Crippen LogP contribution in [0.5, 0.6) is 0 Å². The van der Waals surface area contributed by atoms with Gasteiger partial charge in [-0.25, -0.2) is 8.42 Å². The molecule has 1 aliphatic rings. The van der Waals surface area contributed by atoms with Crippen molar-refractivity contribution in [2.24, 2.45) is 0 Å². The van der Waals surface area contributed by atoms with E-state index in [4.69, 9.17) is 4.42 Å². The summed E-state index contributed by atoms with van der Waals surface area (Å²) in [6, 6.07) is 9.91. The topological polar surface area (TPSA) is 76.4 Å². The van der Waals surface area contributed by atoms with Crippen molar-refractivity contribution in [2.45, 2.75) is 24.2 Å². The molecule has 0 saturated heterocycles. The van der Waals surface area contributed by atoms with Crippen molar-refractivity contribution in [2.75, 3.05) is 4.72 Å². The highest BCUT2D eigenvalue weighted by Crippen LogP contribution is 2.34. The number of rotatable bonds is 3. The molecule has 0 atom stereocenters. The number of nitrogens with one attached hydrogen (secondary N) is 1. The van der Waals surface area contributed by atoms with Crippen molar-refractivity contribution in [1.82, 2.24) is 0 Å². The molecule has 0 bridgehead atoms. The second-order valence-corrected chi connectivity index (χ2v) is 9.49. The van der Waals surface area contributed by atoms with Crippen molar-refractivity contribution in [3.8, 4) is 0 Å². The Labute approximate surface area is 167 Å². The summed E-state index contributed by atoms with van der Waals surface area (Å²) >= 11 is 6.56. The molecule has 0 spiro atoms. The Morgan fingerprint density at radius 1 is 1.04 bits per heavy atom. The number of hydrogen-bond acceptors (Lipinski definition) is 4. The van der Waals surface area contributed by atoms with E-state index < -0.39 is 10.0 Å². The fourth-order valence-corrected chi connectivity index (χ4v) is 5.67. The highest BCUT2D eigenvalue weighted by atomic mass is 79.9. The first-order chi connectivity index (χ1) is 12.3. The minimum atomic E-state index is -3.80. The summed E-state index contributed by atoms with van der Waals surface area (Å²) in [6.07, 6.45) is 1.99. The van der Waals surface area contributed by atoms with E-state index in [1.807, 2.05) is 0 Å².